The third kappa shape index (κ3) is 1.75. The molecule has 0 atom stereocenters. The lowest BCUT2D eigenvalue weighted by atomic mass is 10.1. The van der Waals surface area contributed by atoms with Crippen LogP contribution in [0.2, 0.25) is 0 Å². The third-order valence-electron chi connectivity index (χ3n) is 3.45. The number of rotatable bonds is 2. The van der Waals surface area contributed by atoms with Crippen LogP contribution in [0.1, 0.15) is 0 Å². The van der Waals surface area contributed by atoms with Crippen molar-refractivity contribution in [3.05, 3.63) is 66.9 Å². The minimum atomic E-state index is 0.302. The Kier molecular flexibility index (Phi) is 2.49. The molecule has 0 saturated carbocycles. The molecular weight excluding hydrogens is 250 g/mol. The van der Waals surface area contributed by atoms with Crippen molar-refractivity contribution in [2.75, 3.05) is 6.79 Å². The summed E-state index contributed by atoms with van der Waals surface area (Å²) in [6.45, 7) is 0.302. The van der Waals surface area contributed by atoms with Gasteiger partial charge >= 0.3 is 0 Å². The van der Waals surface area contributed by atoms with Crippen molar-refractivity contribution in [3.8, 4) is 28.4 Å². The number of aromatic nitrogens is 1. The Balaban J connectivity index is 1.82. The second-order valence-electron chi connectivity index (χ2n) is 4.67. The predicted octanol–water partition coefficient (Wildman–Crippen LogP) is 3.87. The van der Waals surface area contributed by atoms with Gasteiger partial charge in [0.1, 0.15) is 0 Å². The highest BCUT2D eigenvalue weighted by atomic mass is 16.7. The van der Waals surface area contributed by atoms with Gasteiger partial charge in [-0.05, 0) is 29.8 Å². The lowest BCUT2D eigenvalue weighted by Gasteiger charge is -2.10. The van der Waals surface area contributed by atoms with Gasteiger partial charge in [-0.2, -0.15) is 0 Å². The third-order valence-corrected chi connectivity index (χ3v) is 3.45. The molecule has 2 aromatic carbocycles. The zero-order valence-electron chi connectivity index (χ0n) is 10.8. The van der Waals surface area contributed by atoms with E-state index >= 15 is 0 Å². The first-order valence-corrected chi connectivity index (χ1v) is 6.55. The smallest absolute Gasteiger partial charge is 0.231 e. The monoisotopic (exact) mass is 263 g/mol. The molecule has 0 unspecified atom stereocenters. The van der Waals surface area contributed by atoms with E-state index in [9.17, 15) is 0 Å². The summed E-state index contributed by atoms with van der Waals surface area (Å²) in [5.41, 5.74) is 3.41. The number of fused-ring (bicyclic) bond motifs is 1. The van der Waals surface area contributed by atoms with Gasteiger partial charge in [0.15, 0.2) is 11.5 Å². The number of nitrogens with zero attached hydrogens (tertiary/aromatic N) is 1. The summed E-state index contributed by atoms with van der Waals surface area (Å²) in [5, 5.41) is 0. The van der Waals surface area contributed by atoms with Crippen molar-refractivity contribution < 1.29 is 9.47 Å². The maximum Gasteiger partial charge on any atom is 0.231 e. The summed E-state index contributed by atoms with van der Waals surface area (Å²) >= 11 is 0. The lowest BCUT2D eigenvalue weighted by molar-refractivity contribution is 0.174. The zero-order chi connectivity index (χ0) is 13.4. The fourth-order valence-corrected chi connectivity index (χ4v) is 2.49. The van der Waals surface area contributed by atoms with Crippen LogP contribution in [-0.2, 0) is 0 Å². The SMILES string of the molecule is c1ccc(-c2cccn2-c2ccc3c(c2)OCO3)cc1. The van der Waals surface area contributed by atoms with E-state index in [1.807, 2.05) is 42.5 Å². The molecule has 0 bridgehead atoms. The minimum absolute atomic E-state index is 0.302. The van der Waals surface area contributed by atoms with E-state index < -0.39 is 0 Å². The van der Waals surface area contributed by atoms with Gasteiger partial charge in [-0.1, -0.05) is 30.3 Å². The Labute approximate surface area is 117 Å². The van der Waals surface area contributed by atoms with E-state index in [2.05, 4.69) is 29.0 Å². The van der Waals surface area contributed by atoms with E-state index in [4.69, 9.17) is 9.47 Å². The van der Waals surface area contributed by atoms with Crippen LogP contribution < -0.4 is 9.47 Å². The summed E-state index contributed by atoms with van der Waals surface area (Å²) in [6, 6.07) is 20.5. The Morgan fingerprint density at radius 3 is 2.55 bits per heavy atom. The molecule has 1 aliphatic rings. The summed E-state index contributed by atoms with van der Waals surface area (Å²) in [4.78, 5) is 0. The minimum Gasteiger partial charge on any atom is -0.454 e. The highest BCUT2D eigenvalue weighted by molar-refractivity contribution is 5.64. The van der Waals surface area contributed by atoms with Gasteiger partial charge in [-0.15, -0.1) is 0 Å². The molecule has 2 heterocycles. The van der Waals surface area contributed by atoms with Crippen molar-refractivity contribution in [2.24, 2.45) is 0 Å². The van der Waals surface area contributed by atoms with Crippen LogP contribution in [0.25, 0.3) is 16.9 Å². The Morgan fingerprint density at radius 2 is 1.65 bits per heavy atom. The van der Waals surface area contributed by atoms with E-state index in [1.165, 1.54) is 5.56 Å². The van der Waals surface area contributed by atoms with Crippen LogP contribution in [0.15, 0.2) is 66.9 Å². The van der Waals surface area contributed by atoms with Crippen molar-refractivity contribution in [2.45, 2.75) is 0 Å². The molecule has 0 radical (unpaired) electrons. The summed E-state index contributed by atoms with van der Waals surface area (Å²) < 4.78 is 13.0. The van der Waals surface area contributed by atoms with E-state index in [0.717, 1.165) is 22.9 Å². The average Bonchev–Trinajstić information content (AvgIpc) is 3.16. The number of ether oxygens (including phenoxy) is 2. The topological polar surface area (TPSA) is 23.4 Å². The first kappa shape index (κ1) is 11.2. The number of benzene rings is 2. The van der Waals surface area contributed by atoms with E-state index in [0.29, 0.717) is 6.79 Å². The molecule has 0 N–H and O–H groups in total. The maximum atomic E-state index is 5.45. The van der Waals surface area contributed by atoms with Gasteiger partial charge in [-0.3, -0.25) is 0 Å². The van der Waals surface area contributed by atoms with Gasteiger partial charge in [-0.25, -0.2) is 0 Å². The molecule has 0 amide bonds. The van der Waals surface area contributed by atoms with Crippen molar-refractivity contribution in [1.82, 2.24) is 4.57 Å². The predicted molar refractivity (Wildman–Crippen MR) is 77.3 cm³/mol. The Bertz CT molecular complexity index is 747. The molecule has 0 aliphatic carbocycles. The highest BCUT2D eigenvalue weighted by Crippen LogP contribution is 2.35. The van der Waals surface area contributed by atoms with E-state index in [-0.39, 0.29) is 0 Å². The fourth-order valence-electron chi connectivity index (χ4n) is 2.49. The quantitative estimate of drug-likeness (QED) is 0.700. The van der Waals surface area contributed by atoms with Gasteiger partial charge in [0, 0.05) is 18.0 Å². The van der Waals surface area contributed by atoms with Crippen LogP contribution in [0.3, 0.4) is 0 Å². The molecular formula is C17H13NO2. The molecule has 0 saturated heterocycles. The molecule has 1 aliphatic heterocycles. The second-order valence-corrected chi connectivity index (χ2v) is 4.67. The Hall–Kier alpha value is -2.68. The maximum absolute atomic E-state index is 5.45. The second kappa shape index (κ2) is 4.46. The van der Waals surface area contributed by atoms with Crippen molar-refractivity contribution in [1.29, 1.82) is 0 Å². The van der Waals surface area contributed by atoms with Gasteiger partial charge in [0.05, 0.1) is 5.69 Å². The van der Waals surface area contributed by atoms with E-state index in [1.54, 1.807) is 0 Å². The molecule has 4 rings (SSSR count). The summed E-state index contributed by atoms with van der Waals surface area (Å²) in [6.07, 6.45) is 2.06. The lowest BCUT2D eigenvalue weighted by Crippen LogP contribution is -1.95. The normalized spacial score (nSPS) is 12.6. The van der Waals surface area contributed by atoms with Crippen LogP contribution >= 0.6 is 0 Å². The average molecular weight is 263 g/mol. The van der Waals surface area contributed by atoms with Gasteiger partial charge < -0.3 is 14.0 Å². The van der Waals surface area contributed by atoms with Gasteiger partial charge in [0.2, 0.25) is 6.79 Å². The molecule has 3 heteroatoms. The van der Waals surface area contributed by atoms with Crippen LogP contribution in [-0.4, -0.2) is 11.4 Å². The zero-order valence-corrected chi connectivity index (χ0v) is 10.8. The molecule has 0 spiro atoms. The van der Waals surface area contributed by atoms with Crippen molar-refractivity contribution >= 4 is 0 Å². The first-order valence-electron chi connectivity index (χ1n) is 6.55. The highest BCUT2D eigenvalue weighted by Gasteiger charge is 2.14. The van der Waals surface area contributed by atoms with Crippen LogP contribution in [0.4, 0.5) is 0 Å². The van der Waals surface area contributed by atoms with Gasteiger partial charge in [0.25, 0.3) is 0 Å². The number of hydrogen-bond donors (Lipinski definition) is 0. The molecule has 0 fully saturated rings. The molecule has 20 heavy (non-hydrogen) atoms. The summed E-state index contributed by atoms with van der Waals surface area (Å²) in [5.74, 6) is 1.61. The fraction of sp³-hybridized carbons (Fsp3) is 0.0588. The standard InChI is InChI=1S/C17H13NO2/c1-2-5-13(6-3-1)15-7-4-10-18(15)14-8-9-16-17(11-14)20-12-19-16/h1-11H,12H2. The Morgan fingerprint density at radius 1 is 0.800 bits per heavy atom. The molecule has 1 aromatic heterocycles. The molecule has 98 valence electrons. The van der Waals surface area contributed by atoms with Crippen LogP contribution in [0.5, 0.6) is 11.5 Å². The van der Waals surface area contributed by atoms with Crippen molar-refractivity contribution in [3.63, 3.8) is 0 Å². The molecule has 3 nitrogen and oxygen atoms in total. The number of hydrogen-bond acceptors (Lipinski definition) is 2. The molecule has 3 aromatic rings. The summed E-state index contributed by atoms with van der Waals surface area (Å²) in [7, 11) is 0. The first-order chi connectivity index (χ1) is 9.92. The van der Waals surface area contributed by atoms with Crippen LogP contribution in [0, 0.1) is 0 Å². The largest absolute Gasteiger partial charge is 0.454 e.